The molecule has 0 radical (unpaired) electrons. The molecule has 0 saturated carbocycles. The van der Waals surface area contributed by atoms with Gasteiger partial charge in [0.25, 0.3) is 0 Å². The average molecular weight is 293 g/mol. The van der Waals surface area contributed by atoms with Crippen molar-refractivity contribution in [2.75, 3.05) is 27.9 Å². The Morgan fingerprint density at radius 2 is 1.76 bits per heavy atom. The lowest BCUT2D eigenvalue weighted by molar-refractivity contribution is 0.322. The fraction of sp³-hybridized carbons (Fsp3) is 0.529. The maximum absolute atomic E-state index is 5.43. The van der Waals surface area contributed by atoms with Crippen LogP contribution in [0.1, 0.15) is 37.8 Å². The predicted octanol–water partition coefficient (Wildman–Crippen LogP) is 3.72. The van der Waals surface area contributed by atoms with E-state index >= 15 is 0 Å². The highest BCUT2D eigenvalue weighted by Crippen LogP contribution is 2.40. The van der Waals surface area contributed by atoms with Crippen LogP contribution in [0.3, 0.4) is 0 Å². The maximum atomic E-state index is 5.43. The Morgan fingerprint density at radius 1 is 1.14 bits per heavy atom. The highest BCUT2D eigenvalue weighted by molar-refractivity contribution is 5.54. The molecule has 0 fully saturated rings. The zero-order valence-electron chi connectivity index (χ0n) is 13.6. The quantitative estimate of drug-likeness (QED) is 0.667. The second-order valence-electron chi connectivity index (χ2n) is 4.83. The number of rotatable bonds is 10. The van der Waals surface area contributed by atoms with Gasteiger partial charge in [-0.25, -0.2) is 0 Å². The van der Waals surface area contributed by atoms with E-state index in [4.69, 9.17) is 14.2 Å². The van der Waals surface area contributed by atoms with Gasteiger partial charge in [0.05, 0.1) is 21.3 Å². The van der Waals surface area contributed by atoms with Crippen molar-refractivity contribution in [3.05, 3.63) is 30.4 Å². The van der Waals surface area contributed by atoms with Crippen LogP contribution in [0.4, 0.5) is 0 Å². The third kappa shape index (κ3) is 4.67. The predicted molar refractivity (Wildman–Crippen MR) is 86.6 cm³/mol. The molecule has 0 aliphatic rings. The van der Waals surface area contributed by atoms with Crippen molar-refractivity contribution in [2.45, 2.75) is 32.2 Å². The molecule has 0 bridgehead atoms. The van der Waals surface area contributed by atoms with Crippen molar-refractivity contribution in [3.8, 4) is 17.2 Å². The molecule has 0 heterocycles. The molecule has 1 atom stereocenters. The molecule has 0 saturated heterocycles. The Bertz CT molecular complexity index is 421. The molecule has 0 amide bonds. The lowest BCUT2D eigenvalue weighted by Crippen LogP contribution is -2.22. The number of hydrogen-bond donors (Lipinski definition) is 1. The van der Waals surface area contributed by atoms with E-state index in [0.717, 1.165) is 31.4 Å². The molecule has 4 nitrogen and oxygen atoms in total. The van der Waals surface area contributed by atoms with Crippen molar-refractivity contribution in [3.63, 3.8) is 0 Å². The van der Waals surface area contributed by atoms with E-state index in [1.165, 1.54) is 0 Å². The average Bonchev–Trinajstić information content (AvgIpc) is 2.53. The van der Waals surface area contributed by atoms with Gasteiger partial charge in [0.1, 0.15) is 0 Å². The van der Waals surface area contributed by atoms with Crippen molar-refractivity contribution < 1.29 is 14.2 Å². The highest BCUT2D eigenvalue weighted by Gasteiger charge is 2.18. The van der Waals surface area contributed by atoms with Crippen LogP contribution in [0.15, 0.2) is 24.8 Å². The van der Waals surface area contributed by atoms with Gasteiger partial charge in [-0.2, -0.15) is 0 Å². The molecule has 1 rings (SSSR count). The van der Waals surface area contributed by atoms with E-state index in [1.807, 2.05) is 18.2 Å². The molecular weight excluding hydrogens is 266 g/mol. The van der Waals surface area contributed by atoms with Gasteiger partial charge in [-0.3, -0.25) is 0 Å². The first-order chi connectivity index (χ1) is 10.2. The molecule has 4 heteroatoms. The second-order valence-corrected chi connectivity index (χ2v) is 4.83. The number of benzene rings is 1. The molecule has 118 valence electrons. The minimum absolute atomic E-state index is 0.247. The Hall–Kier alpha value is -1.68. The van der Waals surface area contributed by atoms with Gasteiger partial charge in [-0.1, -0.05) is 13.0 Å². The smallest absolute Gasteiger partial charge is 0.203 e. The molecule has 0 spiro atoms. The van der Waals surface area contributed by atoms with Gasteiger partial charge in [-0.05, 0) is 43.5 Å². The third-order valence-electron chi connectivity index (χ3n) is 3.39. The first-order valence-corrected chi connectivity index (χ1v) is 7.35. The van der Waals surface area contributed by atoms with Crippen LogP contribution in [-0.4, -0.2) is 27.9 Å². The van der Waals surface area contributed by atoms with Crippen LogP contribution >= 0.6 is 0 Å². The topological polar surface area (TPSA) is 39.7 Å². The van der Waals surface area contributed by atoms with Gasteiger partial charge < -0.3 is 19.5 Å². The van der Waals surface area contributed by atoms with Crippen LogP contribution in [-0.2, 0) is 0 Å². The van der Waals surface area contributed by atoms with E-state index < -0.39 is 0 Å². The van der Waals surface area contributed by atoms with E-state index in [-0.39, 0.29) is 6.04 Å². The maximum Gasteiger partial charge on any atom is 0.203 e. The summed E-state index contributed by atoms with van der Waals surface area (Å²) in [5, 5.41) is 3.56. The minimum atomic E-state index is 0.247. The molecule has 0 aromatic heterocycles. The summed E-state index contributed by atoms with van der Waals surface area (Å²) in [4.78, 5) is 0. The summed E-state index contributed by atoms with van der Waals surface area (Å²) in [6.07, 6.45) is 4.98. The van der Waals surface area contributed by atoms with E-state index in [1.54, 1.807) is 21.3 Å². The number of methoxy groups -OCH3 is 3. The molecule has 1 aromatic carbocycles. The zero-order chi connectivity index (χ0) is 15.7. The molecule has 1 aromatic rings. The van der Waals surface area contributed by atoms with Gasteiger partial charge in [0.15, 0.2) is 11.5 Å². The SMILES string of the molecule is C=CCCC(NCCC)c1cc(OC)c(OC)c(OC)c1. The first-order valence-electron chi connectivity index (χ1n) is 7.35. The Balaban J connectivity index is 3.13. The van der Waals surface area contributed by atoms with Crippen LogP contribution < -0.4 is 19.5 Å². The fourth-order valence-corrected chi connectivity index (χ4v) is 2.29. The summed E-state index contributed by atoms with van der Waals surface area (Å²) < 4.78 is 16.2. The summed E-state index contributed by atoms with van der Waals surface area (Å²) in [6, 6.07) is 4.27. The van der Waals surface area contributed by atoms with Gasteiger partial charge in [0.2, 0.25) is 5.75 Å². The van der Waals surface area contributed by atoms with Crippen molar-refractivity contribution in [1.29, 1.82) is 0 Å². The van der Waals surface area contributed by atoms with E-state index in [9.17, 15) is 0 Å². The van der Waals surface area contributed by atoms with E-state index in [2.05, 4.69) is 18.8 Å². The van der Waals surface area contributed by atoms with E-state index in [0.29, 0.717) is 17.2 Å². The monoisotopic (exact) mass is 293 g/mol. The molecule has 0 aliphatic heterocycles. The van der Waals surface area contributed by atoms with Crippen molar-refractivity contribution in [1.82, 2.24) is 5.32 Å². The highest BCUT2D eigenvalue weighted by atomic mass is 16.5. The van der Waals surface area contributed by atoms with Crippen molar-refractivity contribution >= 4 is 0 Å². The summed E-state index contributed by atoms with van der Waals surface area (Å²) in [6.45, 7) is 6.93. The Kier molecular flexibility index (Phi) is 7.69. The van der Waals surface area contributed by atoms with Crippen LogP contribution in [0.2, 0.25) is 0 Å². The van der Waals surface area contributed by atoms with Gasteiger partial charge in [-0.15, -0.1) is 6.58 Å². The standard InChI is InChI=1S/C17H27NO3/c1-6-8-9-14(18-10-7-2)13-11-15(19-3)17(21-5)16(12-13)20-4/h6,11-12,14,18H,1,7-10H2,2-5H3. The fourth-order valence-electron chi connectivity index (χ4n) is 2.29. The summed E-state index contributed by atoms with van der Waals surface area (Å²) >= 11 is 0. The summed E-state index contributed by atoms with van der Waals surface area (Å²) in [5.74, 6) is 2.00. The first kappa shape index (κ1) is 17.4. The molecule has 1 N–H and O–H groups in total. The number of allylic oxidation sites excluding steroid dienone is 1. The molecular formula is C17H27NO3. The summed E-state index contributed by atoms with van der Waals surface area (Å²) in [7, 11) is 4.89. The largest absolute Gasteiger partial charge is 0.493 e. The Morgan fingerprint density at radius 3 is 2.19 bits per heavy atom. The Labute approximate surface area is 128 Å². The second kappa shape index (κ2) is 9.29. The molecule has 0 aliphatic carbocycles. The normalized spacial score (nSPS) is 11.8. The minimum Gasteiger partial charge on any atom is -0.493 e. The zero-order valence-corrected chi connectivity index (χ0v) is 13.6. The van der Waals surface area contributed by atoms with Crippen LogP contribution in [0.5, 0.6) is 17.2 Å². The summed E-state index contributed by atoms with van der Waals surface area (Å²) in [5.41, 5.74) is 1.14. The van der Waals surface area contributed by atoms with Crippen molar-refractivity contribution in [2.24, 2.45) is 0 Å². The number of nitrogens with one attached hydrogen (secondary N) is 1. The van der Waals surface area contributed by atoms with Gasteiger partial charge >= 0.3 is 0 Å². The molecule has 1 unspecified atom stereocenters. The van der Waals surface area contributed by atoms with Crippen LogP contribution in [0, 0.1) is 0 Å². The third-order valence-corrected chi connectivity index (χ3v) is 3.39. The lowest BCUT2D eigenvalue weighted by atomic mass is 10.0. The number of ether oxygens (including phenoxy) is 3. The van der Waals surface area contributed by atoms with Gasteiger partial charge in [0, 0.05) is 6.04 Å². The van der Waals surface area contributed by atoms with Crippen LogP contribution in [0.25, 0.3) is 0 Å². The lowest BCUT2D eigenvalue weighted by Gasteiger charge is -2.21. The number of hydrogen-bond acceptors (Lipinski definition) is 4. The molecule has 21 heavy (non-hydrogen) atoms.